The van der Waals surface area contributed by atoms with Crippen molar-refractivity contribution in [2.45, 2.75) is 20.4 Å². The van der Waals surface area contributed by atoms with E-state index >= 15 is 0 Å². The summed E-state index contributed by atoms with van der Waals surface area (Å²) in [6.45, 7) is 3.70. The van der Waals surface area contributed by atoms with Crippen LogP contribution in [0.25, 0.3) is 22.6 Å². The van der Waals surface area contributed by atoms with Crippen molar-refractivity contribution in [1.29, 1.82) is 0 Å². The molecule has 9 nitrogen and oxygen atoms in total. The number of rotatable bonds is 7. The predicted molar refractivity (Wildman–Crippen MR) is 135 cm³/mol. The summed E-state index contributed by atoms with van der Waals surface area (Å²) in [6, 6.07) is 14.7. The summed E-state index contributed by atoms with van der Waals surface area (Å²) in [5, 5.41) is 7.37. The molecule has 1 N–H and O–H groups in total. The lowest BCUT2D eigenvalue weighted by Crippen LogP contribution is -2.28. The van der Waals surface area contributed by atoms with Gasteiger partial charge in [-0.25, -0.2) is 14.1 Å². The van der Waals surface area contributed by atoms with Gasteiger partial charge in [0.05, 0.1) is 16.9 Å². The second-order valence-electron chi connectivity index (χ2n) is 8.42. The van der Waals surface area contributed by atoms with Gasteiger partial charge in [0, 0.05) is 30.8 Å². The standard InChI is InChI=1S/C27H23FN6O3/c1-17-14-22(32-34(17)21-7-5-20(28)6-8-21)25-18(2)31-26-23(4-3-13-33(26)27(25)36)37-16-24(35)30-15-19-9-11-29-12-10-19/h3-14H,15-16H2,1-2H3,(H,30,35). The number of ether oxygens (including phenoxy) is 1. The van der Waals surface area contributed by atoms with Gasteiger partial charge in [0.1, 0.15) is 11.5 Å². The quantitative estimate of drug-likeness (QED) is 0.369. The van der Waals surface area contributed by atoms with Crippen LogP contribution in [-0.2, 0) is 11.3 Å². The molecule has 5 rings (SSSR count). The van der Waals surface area contributed by atoms with Crippen LogP contribution in [0.5, 0.6) is 5.75 Å². The lowest BCUT2D eigenvalue weighted by molar-refractivity contribution is -0.123. The molecule has 1 aromatic carbocycles. The molecule has 0 aliphatic carbocycles. The third-order valence-corrected chi connectivity index (χ3v) is 5.81. The Morgan fingerprint density at radius 2 is 1.84 bits per heavy atom. The minimum atomic E-state index is -0.342. The van der Waals surface area contributed by atoms with Crippen LogP contribution >= 0.6 is 0 Å². The van der Waals surface area contributed by atoms with E-state index in [1.54, 1.807) is 60.5 Å². The Kier molecular flexibility index (Phi) is 6.46. The van der Waals surface area contributed by atoms with Crippen molar-refractivity contribution in [2.75, 3.05) is 6.61 Å². The van der Waals surface area contributed by atoms with Gasteiger partial charge in [-0.2, -0.15) is 5.10 Å². The Labute approximate surface area is 211 Å². The van der Waals surface area contributed by atoms with Crippen LogP contribution in [0.15, 0.2) is 78.0 Å². The summed E-state index contributed by atoms with van der Waals surface area (Å²) >= 11 is 0. The highest BCUT2D eigenvalue weighted by molar-refractivity contribution is 5.77. The number of halogens is 1. The number of carbonyl (C=O) groups excluding carboxylic acids is 1. The van der Waals surface area contributed by atoms with Gasteiger partial charge in [0.15, 0.2) is 18.0 Å². The van der Waals surface area contributed by atoms with Crippen molar-refractivity contribution in [1.82, 2.24) is 29.5 Å². The molecule has 0 saturated carbocycles. The smallest absolute Gasteiger partial charge is 0.267 e. The number of carbonyl (C=O) groups is 1. The molecule has 0 aliphatic rings. The third kappa shape index (κ3) is 4.94. The fraction of sp³-hybridized carbons (Fsp3) is 0.148. The number of fused-ring (bicyclic) bond motifs is 1. The Bertz CT molecular complexity index is 1650. The Morgan fingerprint density at radius 3 is 2.59 bits per heavy atom. The minimum absolute atomic E-state index is 0.233. The molecule has 0 bridgehead atoms. The third-order valence-electron chi connectivity index (χ3n) is 5.81. The maximum Gasteiger partial charge on any atom is 0.267 e. The van der Waals surface area contributed by atoms with Gasteiger partial charge >= 0.3 is 0 Å². The van der Waals surface area contributed by atoms with E-state index in [0.717, 1.165) is 11.3 Å². The zero-order valence-electron chi connectivity index (χ0n) is 20.2. The van der Waals surface area contributed by atoms with Crippen LogP contribution < -0.4 is 15.6 Å². The van der Waals surface area contributed by atoms with Gasteiger partial charge < -0.3 is 10.1 Å². The highest BCUT2D eigenvalue weighted by atomic mass is 19.1. The average Bonchev–Trinajstić information content (AvgIpc) is 3.28. The van der Waals surface area contributed by atoms with Crippen LogP contribution in [0.4, 0.5) is 4.39 Å². The van der Waals surface area contributed by atoms with Gasteiger partial charge in [0.25, 0.3) is 11.5 Å². The van der Waals surface area contributed by atoms with Crippen molar-refractivity contribution in [3.05, 3.63) is 106 Å². The first-order valence-electron chi connectivity index (χ1n) is 11.5. The number of amides is 1. The monoisotopic (exact) mass is 498 g/mol. The summed E-state index contributed by atoms with van der Waals surface area (Å²) in [7, 11) is 0. The van der Waals surface area contributed by atoms with Crippen molar-refractivity contribution in [3.63, 3.8) is 0 Å². The number of nitrogens with zero attached hydrogens (tertiary/aromatic N) is 5. The Morgan fingerprint density at radius 1 is 1.08 bits per heavy atom. The van der Waals surface area contributed by atoms with Crippen LogP contribution in [0.1, 0.15) is 17.0 Å². The number of pyridine rings is 2. The molecule has 0 fully saturated rings. The number of nitrogens with one attached hydrogen (secondary N) is 1. The van der Waals surface area contributed by atoms with Gasteiger partial charge in [0.2, 0.25) is 0 Å². The lowest BCUT2D eigenvalue weighted by Gasteiger charge is -2.12. The van der Waals surface area contributed by atoms with Gasteiger partial charge in [-0.15, -0.1) is 0 Å². The number of aromatic nitrogens is 5. The van der Waals surface area contributed by atoms with Crippen LogP contribution in [0, 0.1) is 19.7 Å². The fourth-order valence-corrected chi connectivity index (χ4v) is 3.99. The number of aryl methyl sites for hydroxylation is 2. The second kappa shape index (κ2) is 10.0. The summed E-state index contributed by atoms with van der Waals surface area (Å²) in [6.07, 6.45) is 4.90. The van der Waals surface area contributed by atoms with E-state index < -0.39 is 0 Å². The van der Waals surface area contributed by atoms with E-state index in [4.69, 9.17) is 4.74 Å². The van der Waals surface area contributed by atoms with E-state index in [1.807, 2.05) is 19.1 Å². The van der Waals surface area contributed by atoms with Crippen molar-refractivity contribution < 1.29 is 13.9 Å². The number of benzene rings is 1. The van der Waals surface area contributed by atoms with Crippen molar-refractivity contribution >= 4 is 11.6 Å². The molecule has 37 heavy (non-hydrogen) atoms. The van der Waals surface area contributed by atoms with Gasteiger partial charge in [-0.1, -0.05) is 0 Å². The van der Waals surface area contributed by atoms with Crippen LogP contribution in [0.3, 0.4) is 0 Å². The molecule has 186 valence electrons. The van der Waals surface area contributed by atoms with E-state index in [0.29, 0.717) is 40.6 Å². The van der Waals surface area contributed by atoms with E-state index in [1.165, 1.54) is 16.5 Å². The first-order chi connectivity index (χ1) is 17.9. The molecule has 0 saturated heterocycles. The Balaban J connectivity index is 1.41. The maximum absolute atomic E-state index is 13.5. The highest BCUT2D eigenvalue weighted by Crippen LogP contribution is 2.24. The minimum Gasteiger partial charge on any atom is -0.480 e. The molecule has 0 radical (unpaired) electrons. The molecule has 4 aromatic heterocycles. The molecule has 1 amide bonds. The highest BCUT2D eigenvalue weighted by Gasteiger charge is 2.18. The summed E-state index contributed by atoms with van der Waals surface area (Å²) in [5.74, 6) is -0.344. The molecule has 0 spiro atoms. The van der Waals surface area contributed by atoms with E-state index in [2.05, 4.69) is 20.4 Å². The molecule has 0 unspecified atom stereocenters. The number of hydrogen-bond acceptors (Lipinski definition) is 6. The van der Waals surface area contributed by atoms with Crippen LogP contribution in [-0.4, -0.2) is 36.7 Å². The normalized spacial score (nSPS) is 11.0. The molecular weight excluding hydrogens is 475 g/mol. The summed E-state index contributed by atoms with van der Waals surface area (Å²) in [5.41, 5.74) is 3.61. The molecule has 10 heteroatoms. The molecule has 0 atom stereocenters. The first kappa shape index (κ1) is 23.9. The lowest BCUT2D eigenvalue weighted by atomic mass is 10.1. The zero-order chi connectivity index (χ0) is 25.9. The van der Waals surface area contributed by atoms with Gasteiger partial charge in [-0.3, -0.25) is 19.0 Å². The van der Waals surface area contributed by atoms with Gasteiger partial charge in [-0.05, 0) is 74.0 Å². The Hall–Kier alpha value is -4.86. The molecule has 4 heterocycles. The first-order valence-corrected chi connectivity index (χ1v) is 11.5. The number of hydrogen-bond donors (Lipinski definition) is 1. The SMILES string of the molecule is Cc1nc2c(OCC(=O)NCc3ccncc3)cccn2c(=O)c1-c1cc(C)n(-c2ccc(F)cc2)n1. The predicted octanol–water partition coefficient (Wildman–Crippen LogP) is 3.39. The van der Waals surface area contributed by atoms with Crippen molar-refractivity contribution in [3.8, 4) is 22.7 Å². The second-order valence-corrected chi connectivity index (χ2v) is 8.42. The fourth-order valence-electron chi connectivity index (χ4n) is 3.99. The summed E-state index contributed by atoms with van der Waals surface area (Å²) in [4.78, 5) is 34.3. The summed E-state index contributed by atoms with van der Waals surface area (Å²) < 4.78 is 22.1. The zero-order valence-corrected chi connectivity index (χ0v) is 20.2. The van der Waals surface area contributed by atoms with E-state index in [9.17, 15) is 14.0 Å². The topological polar surface area (TPSA) is 103 Å². The van der Waals surface area contributed by atoms with Crippen molar-refractivity contribution in [2.24, 2.45) is 0 Å². The molecule has 5 aromatic rings. The van der Waals surface area contributed by atoms with E-state index in [-0.39, 0.29) is 23.9 Å². The maximum atomic E-state index is 13.5. The van der Waals surface area contributed by atoms with Crippen LogP contribution in [0.2, 0.25) is 0 Å². The molecule has 0 aliphatic heterocycles. The largest absolute Gasteiger partial charge is 0.480 e. The average molecular weight is 499 g/mol. The molecular formula is C27H23FN6O3.